The standard InChI is InChI=1S/C13H17BrN2O2/c1-18-12-5-2-9(14)8-11(12)16-13(17)6-7-15-10-3-4-10/h2,5,8,10,15H,3-4,6-7H2,1H3,(H,16,17). The van der Waals surface area contributed by atoms with E-state index in [1.165, 1.54) is 12.8 Å². The quantitative estimate of drug-likeness (QED) is 0.848. The molecule has 1 aromatic carbocycles. The minimum atomic E-state index is -0.000417. The lowest BCUT2D eigenvalue weighted by atomic mass is 10.2. The summed E-state index contributed by atoms with van der Waals surface area (Å²) in [6.07, 6.45) is 2.95. The van der Waals surface area contributed by atoms with Gasteiger partial charge >= 0.3 is 0 Å². The van der Waals surface area contributed by atoms with Crippen LogP contribution < -0.4 is 15.4 Å². The minimum absolute atomic E-state index is 0.000417. The van der Waals surface area contributed by atoms with Gasteiger partial charge in [0.2, 0.25) is 5.91 Å². The Kier molecular flexibility index (Phi) is 4.60. The molecule has 98 valence electrons. The van der Waals surface area contributed by atoms with Crippen molar-refractivity contribution < 1.29 is 9.53 Å². The van der Waals surface area contributed by atoms with E-state index in [1.54, 1.807) is 7.11 Å². The summed E-state index contributed by atoms with van der Waals surface area (Å²) in [5.41, 5.74) is 0.697. The molecule has 2 rings (SSSR count). The van der Waals surface area contributed by atoms with Gasteiger partial charge in [-0.3, -0.25) is 4.79 Å². The van der Waals surface area contributed by atoms with Crippen molar-refractivity contribution in [1.29, 1.82) is 0 Å². The van der Waals surface area contributed by atoms with Gasteiger partial charge in [-0.05, 0) is 31.0 Å². The molecule has 18 heavy (non-hydrogen) atoms. The Morgan fingerprint density at radius 2 is 2.28 bits per heavy atom. The van der Waals surface area contributed by atoms with Gasteiger partial charge in [-0.15, -0.1) is 0 Å². The molecule has 0 radical (unpaired) electrons. The predicted molar refractivity (Wildman–Crippen MR) is 75.0 cm³/mol. The lowest BCUT2D eigenvalue weighted by molar-refractivity contribution is -0.116. The van der Waals surface area contributed by atoms with Crippen molar-refractivity contribution in [2.75, 3.05) is 19.0 Å². The normalized spacial score (nSPS) is 14.3. The van der Waals surface area contributed by atoms with Gasteiger partial charge in [-0.2, -0.15) is 0 Å². The van der Waals surface area contributed by atoms with E-state index in [4.69, 9.17) is 4.74 Å². The number of carbonyl (C=O) groups is 1. The number of halogens is 1. The molecule has 1 aromatic rings. The maximum absolute atomic E-state index is 11.8. The molecule has 1 aliphatic carbocycles. The Morgan fingerprint density at radius 3 is 2.94 bits per heavy atom. The summed E-state index contributed by atoms with van der Waals surface area (Å²) < 4.78 is 6.11. The van der Waals surface area contributed by atoms with Crippen LogP contribution >= 0.6 is 15.9 Å². The van der Waals surface area contributed by atoms with Crippen LogP contribution in [0.4, 0.5) is 5.69 Å². The second-order valence-electron chi connectivity index (χ2n) is 4.37. The molecule has 5 heteroatoms. The van der Waals surface area contributed by atoms with E-state index in [9.17, 15) is 4.79 Å². The summed E-state index contributed by atoms with van der Waals surface area (Å²) >= 11 is 3.38. The Bertz CT molecular complexity index is 433. The van der Waals surface area contributed by atoms with E-state index in [0.29, 0.717) is 23.9 Å². The molecule has 4 nitrogen and oxygen atoms in total. The fourth-order valence-corrected chi connectivity index (χ4v) is 2.03. The second-order valence-corrected chi connectivity index (χ2v) is 5.29. The van der Waals surface area contributed by atoms with Crippen molar-refractivity contribution in [3.63, 3.8) is 0 Å². The molecule has 1 amide bonds. The third-order valence-corrected chi connectivity index (χ3v) is 3.29. The highest BCUT2D eigenvalue weighted by Gasteiger charge is 2.20. The molecule has 0 atom stereocenters. The lowest BCUT2D eigenvalue weighted by Crippen LogP contribution is -2.23. The molecule has 0 spiro atoms. The number of hydrogen-bond acceptors (Lipinski definition) is 3. The Balaban J connectivity index is 1.86. The first-order chi connectivity index (χ1) is 8.69. The lowest BCUT2D eigenvalue weighted by Gasteiger charge is -2.10. The Labute approximate surface area is 115 Å². The summed E-state index contributed by atoms with van der Waals surface area (Å²) in [5.74, 6) is 0.668. The van der Waals surface area contributed by atoms with Crippen LogP contribution in [0.25, 0.3) is 0 Å². The number of hydrogen-bond donors (Lipinski definition) is 2. The predicted octanol–water partition coefficient (Wildman–Crippen LogP) is 2.54. The smallest absolute Gasteiger partial charge is 0.225 e. The van der Waals surface area contributed by atoms with Gasteiger partial charge in [0.1, 0.15) is 5.75 Å². The maximum Gasteiger partial charge on any atom is 0.225 e. The van der Waals surface area contributed by atoms with Gasteiger partial charge in [0.25, 0.3) is 0 Å². The van der Waals surface area contributed by atoms with Crippen molar-refractivity contribution in [2.45, 2.75) is 25.3 Å². The van der Waals surface area contributed by atoms with Gasteiger partial charge < -0.3 is 15.4 Å². The highest BCUT2D eigenvalue weighted by atomic mass is 79.9. The molecule has 0 bridgehead atoms. The van der Waals surface area contributed by atoms with Gasteiger partial charge in [0.15, 0.2) is 0 Å². The van der Waals surface area contributed by atoms with Gasteiger partial charge in [0, 0.05) is 23.5 Å². The molecule has 0 unspecified atom stereocenters. The van der Waals surface area contributed by atoms with Crippen LogP contribution in [-0.4, -0.2) is 25.6 Å². The zero-order valence-electron chi connectivity index (χ0n) is 10.3. The third kappa shape index (κ3) is 3.99. The number of benzene rings is 1. The van der Waals surface area contributed by atoms with Crippen LogP contribution in [0.1, 0.15) is 19.3 Å². The van der Waals surface area contributed by atoms with Crippen molar-refractivity contribution >= 4 is 27.5 Å². The number of rotatable bonds is 6. The summed E-state index contributed by atoms with van der Waals surface area (Å²) in [6, 6.07) is 6.18. The van der Waals surface area contributed by atoms with Crippen molar-refractivity contribution in [3.05, 3.63) is 22.7 Å². The largest absolute Gasteiger partial charge is 0.495 e. The first kappa shape index (κ1) is 13.4. The SMILES string of the molecule is COc1ccc(Br)cc1NC(=O)CCNC1CC1. The van der Waals surface area contributed by atoms with E-state index in [-0.39, 0.29) is 5.91 Å². The number of anilines is 1. The van der Waals surface area contributed by atoms with E-state index in [1.807, 2.05) is 18.2 Å². The van der Waals surface area contributed by atoms with Crippen LogP contribution in [-0.2, 0) is 4.79 Å². The summed E-state index contributed by atoms with van der Waals surface area (Å²) in [6.45, 7) is 0.729. The zero-order valence-corrected chi connectivity index (χ0v) is 11.9. The molecule has 0 aromatic heterocycles. The minimum Gasteiger partial charge on any atom is -0.495 e. The van der Waals surface area contributed by atoms with E-state index in [2.05, 4.69) is 26.6 Å². The topological polar surface area (TPSA) is 50.4 Å². The molecule has 0 heterocycles. The molecule has 0 saturated heterocycles. The fraction of sp³-hybridized carbons (Fsp3) is 0.462. The van der Waals surface area contributed by atoms with E-state index in [0.717, 1.165) is 11.0 Å². The summed E-state index contributed by atoms with van der Waals surface area (Å²) in [4.78, 5) is 11.8. The van der Waals surface area contributed by atoms with Crippen molar-refractivity contribution in [3.8, 4) is 5.75 Å². The highest BCUT2D eigenvalue weighted by Crippen LogP contribution is 2.27. The zero-order chi connectivity index (χ0) is 13.0. The number of amides is 1. The molecular formula is C13H17BrN2O2. The maximum atomic E-state index is 11.8. The summed E-state index contributed by atoms with van der Waals surface area (Å²) in [5, 5.41) is 6.17. The fourth-order valence-electron chi connectivity index (χ4n) is 1.67. The molecular weight excluding hydrogens is 296 g/mol. The Hall–Kier alpha value is -1.07. The van der Waals surface area contributed by atoms with Crippen LogP contribution in [0.3, 0.4) is 0 Å². The van der Waals surface area contributed by atoms with Crippen LogP contribution in [0.5, 0.6) is 5.75 Å². The van der Waals surface area contributed by atoms with Crippen LogP contribution in [0, 0.1) is 0 Å². The second kappa shape index (κ2) is 6.20. The molecule has 1 saturated carbocycles. The van der Waals surface area contributed by atoms with Crippen LogP contribution in [0.15, 0.2) is 22.7 Å². The van der Waals surface area contributed by atoms with Gasteiger partial charge in [0.05, 0.1) is 12.8 Å². The number of methoxy groups -OCH3 is 1. The monoisotopic (exact) mass is 312 g/mol. The average molecular weight is 313 g/mol. The third-order valence-electron chi connectivity index (χ3n) is 2.80. The number of nitrogens with one attached hydrogen (secondary N) is 2. The van der Waals surface area contributed by atoms with Gasteiger partial charge in [-0.1, -0.05) is 15.9 Å². The molecule has 0 aliphatic heterocycles. The van der Waals surface area contributed by atoms with Crippen LogP contribution in [0.2, 0.25) is 0 Å². The Morgan fingerprint density at radius 1 is 1.50 bits per heavy atom. The number of carbonyl (C=O) groups excluding carboxylic acids is 1. The number of ether oxygens (including phenoxy) is 1. The molecule has 1 fully saturated rings. The highest BCUT2D eigenvalue weighted by molar-refractivity contribution is 9.10. The molecule has 1 aliphatic rings. The van der Waals surface area contributed by atoms with Crippen molar-refractivity contribution in [1.82, 2.24) is 5.32 Å². The van der Waals surface area contributed by atoms with Crippen molar-refractivity contribution in [2.24, 2.45) is 0 Å². The first-order valence-corrected chi connectivity index (χ1v) is 6.85. The van der Waals surface area contributed by atoms with E-state index >= 15 is 0 Å². The molecule has 2 N–H and O–H groups in total. The van der Waals surface area contributed by atoms with E-state index < -0.39 is 0 Å². The van der Waals surface area contributed by atoms with Gasteiger partial charge in [-0.25, -0.2) is 0 Å². The summed E-state index contributed by atoms with van der Waals surface area (Å²) in [7, 11) is 1.59. The average Bonchev–Trinajstić information content (AvgIpc) is 3.13. The first-order valence-electron chi connectivity index (χ1n) is 6.06.